The van der Waals surface area contributed by atoms with Gasteiger partial charge < -0.3 is 9.88 Å². The number of fused-ring (bicyclic) bond motifs is 1. The highest BCUT2D eigenvalue weighted by Crippen LogP contribution is 2.14. The van der Waals surface area contributed by atoms with Gasteiger partial charge in [-0.3, -0.25) is 4.98 Å². The Morgan fingerprint density at radius 1 is 1.19 bits per heavy atom. The first-order valence-corrected chi connectivity index (χ1v) is 7.73. The molecule has 1 atom stereocenters. The molecule has 0 saturated carbocycles. The molecule has 5 heteroatoms. The zero-order valence-corrected chi connectivity index (χ0v) is 13.4. The zero-order valence-electron chi connectivity index (χ0n) is 11.8. The molecule has 1 unspecified atom stereocenters. The summed E-state index contributed by atoms with van der Waals surface area (Å²) < 4.78 is 3.20. The maximum atomic E-state index is 4.45. The first-order valence-electron chi connectivity index (χ1n) is 6.94. The Hall–Kier alpha value is -1.72. The Morgan fingerprint density at radius 3 is 2.81 bits per heavy atom. The first kappa shape index (κ1) is 14.2. The number of aromatic nitrogens is 3. The largest absolute Gasteiger partial charge is 0.329 e. The summed E-state index contributed by atoms with van der Waals surface area (Å²) >= 11 is 3.41. The molecule has 1 aromatic carbocycles. The molecule has 3 aromatic rings. The van der Waals surface area contributed by atoms with Crippen LogP contribution in [0.3, 0.4) is 0 Å². The average Bonchev–Trinajstić information content (AvgIpc) is 2.92. The molecule has 0 amide bonds. The van der Waals surface area contributed by atoms with Crippen LogP contribution < -0.4 is 5.32 Å². The first-order chi connectivity index (χ1) is 10.3. The Balaban J connectivity index is 1.76. The van der Waals surface area contributed by atoms with E-state index in [1.807, 2.05) is 43.8 Å². The normalized spacial score (nSPS) is 12.7. The maximum absolute atomic E-state index is 4.45. The molecule has 2 aromatic heterocycles. The number of hydrogen-bond acceptors (Lipinski definition) is 3. The van der Waals surface area contributed by atoms with Gasteiger partial charge in [0, 0.05) is 35.4 Å². The molecule has 0 aliphatic heterocycles. The molecule has 2 heterocycles. The van der Waals surface area contributed by atoms with Crippen LogP contribution in [0.15, 0.2) is 53.4 Å². The lowest BCUT2D eigenvalue weighted by atomic mass is 10.1. The SMILES string of the molecule is CNC(Cc1ccc(Br)cn1)Cn1cnc2ccccc21. The molecule has 0 spiro atoms. The van der Waals surface area contributed by atoms with Crippen LogP contribution in [0.2, 0.25) is 0 Å². The van der Waals surface area contributed by atoms with E-state index in [9.17, 15) is 0 Å². The van der Waals surface area contributed by atoms with Crippen molar-refractivity contribution in [2.24, 2.45) is 0 Å². The van der Waals surface area contributed by atoms with Crippen molar-refractivity contribution in [3.8, 4) is 0 Å². The van der Waals surface area contributed by atoms with Gasteiger partial charge in [-0.05, 0) is 47.2 Å². The van der Waals surface area contributed by atoms with Crippen LogP contribution in [0.4, 0.5) is 0 Å². The van der Waals surface area contributed by atoms with Gasteiger partial charge in [0.1, 0.15) is 0 Å². The molecule has 0 radical (unpaired) electrons. The van der Waals surface area contributed by atoms with Gasteiger partial charge in [-0.2, -0.15) is 0 Å². The van der Waals surface area contributed by atoms with Crippen LogP contribution in [0.5, 0.6) is 0 Å². The van der Waals surface area contributed by atoms with Crippen molar-refractivity contribution in [2.75, 3.05) is 7.05 Å². The summed E-state index contributed by atoms with van der Waals surface area (Å²) in [5, 5.41) is 3.37. The number of halogens is 1. The van der Waals surface area contributed by atoms with E-state index in [4.69, 9.17) is 0 Å². The Labute approximate surface area is 132 Å². The molecule has 108 valence electrons. The lowest BCUT2D eigenvalue weighted by Gasteiger charge is -2.17. The number of benzene rings is 1. The molecule has 0 saturated heterocycles. The number of likely N-dealkylation sites (N-methyl/N-ethyl adjacent to an activating group) is 1. The number of nitrogens with zero attached hydrogens (tertiary/aromatic N) is 3. The van der Waals surface area contributed by atoms with Crippen molar-refractivity contribution in [3.63, 3.8) is 0 Å². The fourth-order valence-electron chi connectivity index (χ4n) is 2.43. The van der Waals surface area contributed by atoms with E-state index < -0.39 is 0 Å². The van der Waals surface area contributed by atoms with Crippen molar-refractivity contribution in [1.29, 1.82) is 0 Å². The molecule has 0 aliphatic rings. The van der Waals surface area contributed by atoms with Crippen LogP contribution in [0, 0.1) is 0 Å². The highest BCUT2D eigenvalue weighted by molar-refractivity contribution is 9.10. The second kappa shape index (κ2) is 6.37. The van der Waals surface area contributed by atoms with Crippen LogP contribution in [0.25, 0.3) is 11.0 Å². The third-order valence-corrected chi connectivity index (χ3v) is 4.07. The molecule has 0 fully saturated rings. The number of hydrogen-bond donors (Lipinski definition) is 1. The minimum Gasteiger partial charge on any atom is -0.329 e. The summed E-state index contributed by atoms with van der Waals surface area (Å²) in [4.78, 5) is 8.88. The van der Waals surface area contributed by atoms with E-state index in [2.05, 4.69) is 47.9 Å². The lowest BCUT2D eigenvalue weighted by molar-refractivity contribution is 0.480. The number of nitrogens with one attached hydrogen (secondary N) is 1. The summed E-state index contributed by atoms with van der Waals surface area (Å²) in [5.74, 6) is 0. The van der Waals surface area contributed by atoms with E-state index in [1.54, 1.807) is 0 Å². The molecule has 4 nitrogen and oxygen atoms in total. The van der Waals surface area contributed by atoms with Gasteiger partial charge in [-0.1, -0.05) is 12.1 Å². The van der Waals surface area contributed by atoms with Crippen LogP contribution in [-0.2, 0) is 13.0 Å². The Morgan fingerprint density at radius 2 is 2.05 bits per heavy atom. The lowest BCUT2D eigenvalue weighted by Crippen LogP contribution is -2.32. The predicted molar refractivity (Wildman–Crippen MR) is 88.2 cm³/mol. The van der Waals surface area contributed by atoms with Crippen molar-refractivity contribution in [3.05, 3.63) is 59.1 Å². The zero-order chi connectivity index (χ0) is 14.7. The third kappa shape index (κ3) is 3.31. The highest BCUT2D eigenvalue weighted by Gasteiger charge is 2.11. The average molecular weight is 345 g/mol. The van der Waals surface area contributed by atoms with Gasteiger partial charge in [0.15, 0.2) is 0 Å². The number of rotatable bonds is 5. The van der Waals surface area contributed by atoms with Crippen molar-refractivity contribution >= 4 is 27.0 Å². The van der Waals surface area contributed by atoms with E-state index >= 15 is 0 Å². The summed E-state index contributed by atoms with van der Waals surface area (Å²) in [7, 11) is 1.99. The van der Waals surface area contributed by atoms with Gasteiger partial charge in [0.2, 0.25) is 0 Å². The molecular formula is C16H17BrN4. The van der Waals surface area contributed by atoms with Crippen LogP contribution in [-0.4, -0.2) is 27.6 Å². The summed E-state index contributed by atoms with van der Waals surface area (Å²) in [5.41, 5.74) is 3.29. The van der Waals surface area contributed by atoms with Crippen LogP contribution in [0.1, 0.15) is 5.69 Å². The van der Waals surface area contributed by atoms with E-state index in [0.29, 0.717) is 6.04 Å². The second-order valence-electron chi connectivity index (χ2n) is 5.04. The van der Waals surface area contributed by atoms with Crippen molar-refractivity contribution in [1.82, 2.24) is 19.9 Å². The predicted octanol–water partition coefficient (Wildman–Crippen LogP) is 3.02. The van der Waals surface area contributed by atoms with E-state index in [1.165, 1.54) is 5.52 Å². The monoisotopic (exact) mass is 344 g/mol. The van der Waals surface area contributed by atoms with Gasteiger partial charge in [-0.15, -0.1) is 0 Å². The van der Waals surface area contributed by atoms with Crippen LogP contribution >= 0.6 is 15.9 Å². The minimum absolute atomic E-state index is 0.316. The highest BCUT2D eigenvalue weighted by atomic mass is 79.9. The summed E-state index contributed by atoms with van der Waals surface area (Å²) in [6.07, 6.45) is 4.63. The fourth-order valence-corrected chi connectivity index (χ4v) is 2.67. The summed E-state index contributed by atoms with van der Waals surface area (Å²) in [6.45, 7) is 0.870. The number of para-hydroxylation sites is 2. The third-order valence-electron chi connectivity index (χ3n) is 3.60. The standard InChI is InChI=1S/C16H17BrN4/c1-18-14(8-13-7-6-12(17)9-19-13)10-21-11-20-15-4-2-3-5-16(15)21/h2-7,9,11,14,18H,8,10H2,1H3. The van der Waals surface area contributed by atoms with Gasteiger partial charge in [0.05, 0.1) is 17.4 Å². The van der Waals surface area contributed by atoms with Gasteiger partial charge in [0.25, 0.3) is 0 Å². The maximum Gasteiger partial charge on any atom is 0.0958 e. The van der Waals surface area contributed by atoms with E-state index in [0.717, 1.165) is 28.6 Å². The smallest absolute Gasteiger partial charge is 0.0958 e. The number of pyridine rings is 1. The molecule has 21 heavy (non-hydrogen) atoms. The molecular weight excluding hydrogens is 328 g/mol. The fraction of sp³-hybridized carbons (Fsp3) is 0.250. The van der Waals surface area contributed by atoms with Gasteiger partial charge in [-0.25, -0.2) is 4.98 Å². The Bertz CT molecular complexity index is 720. The molecule has 0 bridgehead atoms. The molecule has 0 aliphatic carbocycles. The van der Waals surface area contributed by atoms with Gasteiger partial charge >= 0.3 is 0 Å². The summed E-state index contributed by atoms with van der Waals surface area (Å²) in [6, 6.07) is 12.6. The van der Waals surface area contributed by atoms with E-state index in [-0.39, 0.29) is 0 Å². The topological polar surface area (TPSA) is 42.7 Å². The molecule has 1 N–H and O–H groups in total. The minimum atomic E-state index is 0.316. The van der Waals surface area contributed by atoms with Crippen molar-refractivity contribution in [2.45, 2.75) is 19.0 Å². The molecule has 3 rings (SSSR count). The number of imidazole rings is 1. The quantitative estimate of drug-likeness (QED) is 0.773. The second-order valence-corrected chi connectivity index (χ2v) is 5.96. The van der Waals surface area contributed by atoms with Crippen molar-refractivity contribution < 1.29 is 0 Å². The Kier molecular flexibility index (Phi) is 4.31.